The summed E-state index contributed by atoms with van der Waals surface area (Å²) in [6.07, 6.45) is 1.97. The van der Waals surface area contributed by atoms with E-state index in [1.807, 2.05) is 12.1 Å². The van der Waals surface area contributed by atoms with Crippen LogP contribution in [0.3, 0.4) is 0 Å². The summed E-state index contributed by atoms with van der Waals surface area (Å²) in [7, 11) is 0. The van der Waals surface area contributed by atoms with E-state index in [4.69, 9.17) is 17.2 Å². The van der Waals surface area contributed by atoms with Crippen LogP contribution in [0.2, 0.25) is 0 Å². The Balaban J connectivity index is 1.45. The molecule has 1 N–H and O–H groups in total. The van der Waals surface area contributed by atoms with E-state index >= 15 is 0 Å². The Kier molecular flexibility index (Phi) is 4.71. The second-order valence-corrected chi connectivity index (χ2v) is 8.04. The molecule has 128 valence electrons. The molecule has 3 nitrogen and oxygen atoms in total. The molecule has 2 aromatic rings. The van der Waals surface area contributed by atoms with Gasteiger partial charge in [-0.15, -0.1) is 0 Å². The van der Waals surface area contributed by atoms with Gasteiger partial charge in [0, 0.05) is 42.5 Å². The van der Waals surface area contributed by atoms with Crippen LogP contribution in [0, 0.1) is 0 Å². The van der Waals surface area contributed by atoms with Gasteiger partial charge in [0.15, 0.2) is 0 Å². The van der Waals surface area contributed by atoms with E-state index in [1.165, 1.54) is 5.56 Å². The predicted octanol–water partition coefficient (Wildman–Crippen LogP) is 4.16. The van der Waals surface area contributed by atoms with E-state index in [-0.39, 0.29) is 5.66 Å². The van der Waals surface area contributed by atoms with Crippen LogP contribution in [-0.4, -0.2) is 34.4 Å². The first-order valence-electron chi connectivity index (χ1n) is 8.58. The Morgan fingerprint density at radius 3 is 2.40 bits per heavy atom. The van der Waals surface area contributed by atoms with Crippen molar-refractivity contribution in [3.05, 3.63) is 70.2 Å². The number of hydrogen-bond donors (Lipinski definition) is 1. The van der Waals surface area contributed by atoms with E-state index in [9.17, 15) is 0 Å². The maximum Gasteiger partial charge on any atom is 0.133 e. The van der Waals surface area contributed by atoms with Crippen molar-refractivity contribution in [1.82, 2.24) is 10.2 Å². The summed E-state index contributed by atoms with van der Waals surface area (Å²) in [5, 5.41) is 3.51. The summed E-state index contributed by atoms with van der Waals surface area (Å²) in [4.78, 5) is 8.30. The topological polar surface area (TPSA) is 27.6 Å². The summed E-state index contributed by atoms with van der Waals surface area (Å²) < 4.78 is 1.07. The number of piperidine rings is 1. The molecule has 0 bridgehead atoms. The molecule has 1 spiro atoms. The molecule has 0 unspecified atom stereocenters. The fourth-order valence-corrected chi connectivity index (χ4v) is 4.14. The van der Waals surface area contributed by atoms with Gasteiger partial charge in [0.2, 0.25) is 0 Å². The molecule has 0 radical (unpaired) electrons. The van der Waals surface area contributed by atoms with Gasteiger partial charge in [0.1, 0.15) is 16.4 Å². The summed E-state index contributed by atoms with van der Waals surface area (Å²) >= 11 is 9.06. The second-order valence-electron chi connectivity index (χ2n) is 6.71. The van der Waals surface area contributed by atoms with Crippen LogP contribution in [0.1, 0.15) is 24.0 Å². The molecule has 0 amide bonds. The van der Waals surface area contributed by atoms with Gasteiger partial charge in [-0.1, -0.05) is 70.6 Å². The third-order valence-corrected chi connectivity index (χ3v) is 5.76. The number of benzene rings is 2. The number of thiocarbonyl (C=S) groups is 1. The highest BCUT2D eigenvalue weighted by atomic mass is 79.9. The fraction of sp³-hybridized carbons (Fsp3) is 0.300. The Morgan fingerprint density at radius 2 is 1.72 bits per heavy atom. The first-order valence-corrected chi connectivity index (χ1v) is 9.78. The lowest BCUT2D eigenvalue weighted by Crippen LogP contribution is -2.50. The molecule has 0 atom stereocenters. The van der Waals surface area contributed by atoms with Crippen molar-refractivity contribution in [3.8, 4) is 0 Å². The maximum absolute atomic E-state index is 5.58. The molecule has 2 aliphatic heterocycles. The quantitative estimate of drug-likeness (QED) is 0.765. The predicted molar refractivity (Wildman–Crippen MR) is 110 cm³/mol. The van der Waals surface area contributed by atoms with E-state index < -0.39 is 0 Å². The molecule has 2 aliphatic rings. The number of hydrogen-bond acceptors (Lipinski definition) is 3. The molecule has 25 heavy (non-hydrogen) atoms. The van der Waals surface area contributed by atoms with Crippen molar-refractivity contribution in [1.29, 1.82) is 0 Å². The largest absolute Gasteiger partial charge is 0.350 e. The minimum Gasteiger partial charge on any atom is -0.350 e. The van der Waals surface area contributed by atoms with Crippen molar-refractivity contribution < 1.29 is 0 Å². The van der Waals surface area contributed by atoms with E-state index in [1.54, 1.807) is 0 Å². The average molecular weight is 414 g/mol. The smallest absolute Gasteiger partial charge is 0.133 e. The molecule has 1 fully saturated rings. The first-order chi connectivity index (χ1) is 12.1. The summed E-state index contributed by atoms with van der Waals surface area (Å²) in [5.74, 6) is 0. The van der Waals surface area contributed by atoms with Crippen LogP contribution in [-0.2, 0) is 6.54 Å². The van der Waals surface area contributed by atoms with Crippen LogP contribution in [0.4, 0.5) is 0 Å². The van der Waals surface area contributed by atoms with Gasteiger partial charge in [-0.2, -0.15) is 0 Å². The number of nitrogens with one attached hydrogen (secondary N) is 1. The normalized spacial score (nSPS) is 19.7. The van der Waals surface area contributed by atoms with Crippen LogP contribution >= 0.6 is 28.1 Å². The lowest BCUT2D eigenvalue weighted by molar-refractivity contribution is 0.151. The fourth-order valence-electron chi connectivity index (χ4n) is 3.53. The summed E-state index contributed by atoms with van der Waals surface area (Å²) in [6, 6.07) is 18.9. The molecule has 0 aliphatic carbocycles. The monoisotopic (exact) mass is 413 g/mol. The summed E-state index contributed by atoms with van der Waals surface area (Å²) in [6.45, 7) is 3.06. The van der Waals surface area contributed by atoms with Crippen LogP contribution in [0.25, 0.3) is 0 Å². The Morgan fingerprint density at radius 1 is 1.04 bits per heavy atom. The molecule has 5 heteroatoms. The minimum absolute atomic E-state index is 0.216. The average Bonchev–Trinajstić information content (AvgIpc) is 2.95. The molecule has 2 aromatic carbocycles. The Labute approximate surface area is 162 Å². The minimum atomic E-state index is -0.216. The molecule has 1 saturated heterocycles. The highest BCUT2D eigenvalue weighted by molar-refractivity contribution is 9.10. The van der Waals surface area contributed by atoms with Crippen LogP contribution in [0.15, 0.2) is 64.1 Å². The molecule has 0 saturated carbocycles. The SMILES string of the molecule is S=C1NC2(CCN(Cc3ccccc3)CC2)N=C1c1ccc(Br)cc1. The van der Waals surface area contributed by atoms with Crippen LogP contribution < -0.4 is 5.32 Å². The van der Waals surface area contributed by atoms with Crippen molar-refractivity contribution in [2.45, 2.75) is 25.0 Å². The zero-order chi connectivity index (χ0) is 17.3. The van der Waals surface area contributed by atoms with E-state index in [0.29, 0.717) is 0 Å². The van der Waals surface area contributed by atoms with Gasteiger partial charge in [-0.05, 0) is 17.7 Å². The number of likely N-dealkylation sites (tertiary alicyclic amines) is 1. The third-order valence-electron chi connectivity index (χ3n) is 4.94. The number of rotatable bonds is 3. The van der Waals surface area contributed by atoms with Gasteiger partial charge in [0.25, 0.3) is 0 Å². The first kappa shape index (κ1) is 16.9. The van der Waals surface area contributed by atoms with Gasteiger partial charge in [-0.25, -0.2) is 0 Å². The molecular weight excluding hydrogens is 394 g/mol. The zero-order valence-electron chi connectivity index (χ0n) is 13.9. The third kappa shape index (κ3) is 3.68. The van der Waals surface area contributed by atoms with Gasteiger partial charge in [0.05, 0.1) is 0 Å². The van der Waals surface area contributed by atoms with Crippen molar-refractivity contribution in [3.63, 3.8) is 0 Å². The highest BCUT2D eigenvalue weighted by Crippen LogP contribution is 2.30. The Hall–Kier alpha value is -1.56. The molecule has 0 aromatic heterocycles. The van der Waals surface area contributed by atoms with Crippen LogP contribution in [0.5, 0.6) is 0 Å². The van der Waals surface area contributed by atoms with E-state index in [2.05, 4.69) is 68.6 Å². The summed E-state index contributed by atoms with van der Waals surface area (Å²) in [5.41, 5.74) is 3.17. The lowest BCUT2D eigenvalue weighted by atomic mass is 9.97. The lowest BCUT2D eigenvalue weighted by Gasteiger charge is -2.37. The molecule has 4 rings (SSSR count). The second kappa shape index (κ2) is 6.98. The number of aliphatic imine (C=N–C) groups is 1. The maximum atomic E-state index is 5.58. The van der Waals surface area contributed by atoms with Gasteiger partial charge < -0.3 is 5.32 Å². The zero-order valence-corrected chi connectivity index (χ0v) is 16.3. The van der Waals surface area contributed by atoms with Gasteiger partial charge in [-0.3, -0.25) is 9.89 Å². The number of nitrogens with zero attached hydrogens (tertiary/aromatic N) is 2. The standard InChI is InChI=1S/C20H20BrN3S/c21-17-8-6-16(7-9-17)18-19(25)23-20(22-18)10-12-24(13-11-20)14-15-4-2-1-3-5-15/h1-9H,10-14H2,(H,23,25). The van der Waals surface area contributed by atoms with Crippen molar-refractivity contribution >= 4 is 38.8 Å². The Bertz CT molecular complexity index is 793. The van der Waals surface area contributed by atoms with Gasteiger partial charge >= 0.3 is 0 Å². The van der Waals surface area contributed by atoms with E-state index in [0.717, 1.165) is 53.2 Å². The molecular formula is C20H20BrN3S. The van der Waals surface area contributed by atoms with Crippen molar-refractivity contribution in [2.24, 2.45) is 4.99 Å². The number of halogens is 1. The highest BCUT2D eigenvalue weighted by Gasteiger charge is 2.40. The van der Waals surface area contributed by atoms with Crippen molar-refractivity contribution in [2.75, 3.05) is 13.1 Å². The molecule has 2 heterocycles.